The van der Waals surface area contributed by atoms with Crippen LogP contribution >= 0.6 is 8.60 Å². The Labute approximate surface area is 360 Å². The summed E-state index contributed by atoms with van der Waals surface area (Å²) in [6.45, 7) is -4.44. The van der Waals surface area contributed by atoms with E-state index in [1.54, 1.807) is 0 Å². The van der Waals surface area contributed by atoms with E-state index in [9.17, 15) is 80.1 Å². The first-order valence-corrected chi connectivity index (χ1v) is 17.5. The van der Waals surface area contributed by atoms with Crippen molar-refractivity contribution in [1.29, 1.82) is 0 Å². The predicted octanol–water partition coefficient (Wildman–Crippen LogP) is -9.18. The topological polar surface area (TPSA) is 509 Å². The summed E-state index contributed by atoms with van der Waals surface area (Å²) in [6, 6.07) is 0. The Kier molecular flexibility index (Phi) is 19.5. The van der Waals surface area contributed by atoms with Gasteiger partial charge in [0.25, 0.3) is 0 Å². The number of hydrogen-bond acceptors (Lipinski definition) is 30. The summed E-state index contributed by atoms with van der Waals surface area (Å²) in [6.07, 6.45) is -17.0. The Morgan fingerprint density at radius 1 is 0.419 bits per heavy atom. The van der Waals surface area contributed by atoms with Crippen LogP contribution in [0.3, 0.4) is 0 Å². The second-order valence-corrected chi connectivity index (χ2v) is 12.9. The van der Waals surface area contributed by atoms with Gasteiger partial charge in [0.2, 0.25) is 34.6 Å². The van der Waals surface area contributed by atoms with Gasteiger partial charge in [-0.1, -0.05) is 0 Å². The fraction of sp³-hybridized carbons (Fsp3) is 0.500. The minimum Gasteiger partial charge on any atom is -0.870 e. The number of aliphatic hydroxyl groups is 15. The largest absolute Gasteiger partial charge is 2.00 e. The molecule has 0 aliphatic carbocycles. The Bertz CT molecular complexity index is 1680. The molecule has 5 aliphatic heterocycles. The summed E-state index contributed by atoms with van der Waals surface area (Å²) >= 11 is 0. The Morgan fingerprint density at radius 3 is 0.806 bits per heavy atom. The van der Waals surface area contributed by atoms with Gasteiger partial charge in [0.15, 0.2) is 29.8 Å². The summed E-state index contributed by atoms with van der Waals surface area (Å²) < 4.78 is 38.4. The van der Waals surface area contributed by atoms with Crippen molar-refractivity contribution in [2.45, 2.75) is 61.0 Å². The number of cyclic esters (lactones) is 5. The van der Waals surface area contributed by atoms with Crippen LogP contribution in [0.1, 0.15) is 0 Å². The van der Waals surface area contributed by atoms with Gasteiger partial charge in [-0.2, -0.15) is 0 Å². The van der Waals surface area contributed by atoms with Gasteiger partial charge in [0.1, 0.15) is 42.7 Å². The molecule has 5 rings (SSSR count). The molecule has 5 aliphatic rings. The molecule has 0 aromatic carbocycles. The monoisotopic (exact) mass is 930 g/mol. The molecule has 0 bridgehead atoms. The van der Waals surface area contributed by atoms with E-state index in [1.807, 2.05) is 0 Å². The van der Waals surface area contributed by atoms with E-state index >= 15 is 0 Å². The van der Waals surface area contributed by atoms with Gasteiger partial charge in [0.05, 0.1) is 33.0 Å². The fourth-order valence-corrected chi connectivity index (χ4v) is 5.79. The average Bonchev–Trinajstić information content (AvgIpc) is 3.96. The molecular formula is C30H35MgO30P. The van der Waals surface area contributed by atoms with Crippen molar-refractivity contribution in [1.82, 2.24) is 0 Å². The first-order chi connectivity index (χ1) is 28.6. The third kappa shape index (κ3) is 11.6. The van der Waals surface area contributed by atoms with Gasteiger partial charge in [-0.25, -0.2) is 24.0 Å². The molecule has 15 N–H and O–H groups in total. The maximum absolute atomic E-state index is 11.8. The van der Waals surface area contributed by atoms with Crippen LogP contribution in [-0.4, -0.2) is 224 Å². The number of aliphatic hydroxyl groups excluding tert-OH is 15. The molecule has 0 aromatic heterocycles. The predicted molar refractivity (Wildman–Crippen MR) is 179 cm³/mol. The third-order valence-electron chi connectivity index (χ3n) is 7.80. The normalized spacial score (nSPS) is 25.7. The molecule has 5 heterocycles. The standard InChI is InChI=1S/C18H21O18P.2C6H8O6.Mg/c19-1-4(22)10-13(7(25)16(28)31-10)34-37(35-14-8(26)17(29)32-11(14)5(23)2-20)36-15-9(27)18(30)33-12(15)6(24)3-21;2*7-1-2(8)5-3(9)4(10)6(11)12-5;/h4-6,10-12,19-27H,1-3H2;2*2,5,7-10H,1H2;/q;;;+2/p-2/t4-,5-,6-,10+,11+,12+;2*2-,5+;/m000./s1. The van der Waals surface area contributed by atoms with E-state index < -0.39 is 190 Å². The van der Waals surface area contributed by atoms with E-state index in [2.05, 4.69) is 23.7 Å². The first-order valence-electron chi connectivity index (χ1n) is 16.4. The third-order valence-corrected chi connectivity index (χ3v) is 8.83. The fourth-order valence-electron chi connectivity index (χ4n) is 4.63. The summed E-state index contributed by atoms with van der Waals surface area (Å²) in [5.74, 6) is -17.1. The zero-order valence-electron chi connectivity index (χ0n) is 30.8. The van der Waals surface area contributed by atoms with Crippen LogP contribution in [-0.2, 0) is 61.2 Å². The van der Waals surface area contributed by atoms with Gasteiger partial charge in [-0.05, 0) is 11.5 Å². The van der Waals surface area contributed by atoms with Crippen molar-refractivity contribution in [3.63, 3.8) is 0 Å². The van der Waals surface area contributed by atoms with E-state index in [0.29, 0.717) is 0 Å². The van der Waals surface area contributed by atoms with Crippen molar-refractivity contribution in [3.05, 3.63) is 57.6 Å². The van der Waals surface area contributed by atoms with Crippen molar-refractivity contribution >= 4 is 61.5 Å². The summed E-state index contributed by atoms with van der Waals surface area (Å²) in [4.78, 5) is 56.4. The molecular weight excluding hydrogens is 896 g/mol. The number of rotatable bonds is 16. The van der Waals surface area contributed by atoms with Crippen molar-refractivity contribution in [3.8, 4) is 0 Å². The molecule has 0 saturated heterocycles. The first kappa shape index (κ1) is 53.0. The average molecular weight is 931 g/mol. The van der Waals surface area contributed by atoms with Gasteiger partial charge in [-0.3, -0.25) is 0 Å². The van der Waals surface area contributed by atoms with Crippen LogP contribution in [0, 0.1) is 0 Å². The maximum atomic E-state index is 11.8. The second-order valence-electron chi connectivity index (χ2n) is 11.9. The number of carbonyl (C=O) groups is 5. The summed E-state index contributed by atoms with van der Waals surface area (Å²) in [5, 5.41) is 161. The minimum atomic E-state index is -3.33. The molecule has 0 amide bonds. The molecule has 0 unspecified atom stereocenters. The van der Waals surface area contributed by atoms with Crippen LogP contribution in [0.15, 0.2) is 57.6 Å². The van der Waals surface area contributed by atoms with Crippen LogP contribution < -0.4 is 10.2 Å². The molecule has 32 heteroatoms. The van der Waals surface area contributed by atoms with E-state index in [0.717, 1.165) is 0 Å². The Balaban J connectivity index is 0.000000428. The van der Waals surface area contributed by atoms with Crippen LogP contribution in [0.25, 0.3) is 0 Å². The van der Waals surface area contributed by atoms with Gasteiger partial charge in [0, 0.05) is 0 Å². The van der Waals surface area contributed by atoms with Crippen molar-refractivity contribution in [2.24, 2.45) is 0 Å². The molecule has 0 fully saturated rings. The minimum absolute atomic E-state index is 0. The van der Waals surface area contributed by atoms with E-state index in [-0.39, 0.29) is 23.1 Å². The number of hydrogen-bond donors (Lipinski definition) is 15. The number of esters is 5. The molecule has 0 radical (unpaired) electrons. The molecule has 0 saturated carbocycles. The zero-order valence-corrected chi connectivity index (χ0v) is 33.1. The number of carbonyl (C=O) groups excluding carboxylic acids is 5. The number of ether oxygens (including phenoxy) is 5. The van der Waals surface area contributed by atoms with Crippen LogP contribution in [0.4, 0.5) is 0 Å². The Hall–Kier alpha value is -5.15. The van der Waals surface area contributed by atoms with Crippen molar-refractivity contribution < 1.29 is 148 Å². The van der Waals surface area contributed by atoms with E-state index in [4.69, 9.17) is 44.2 Å². The van der Waals surface area contributed by atoms with Crippen LogP contribution in [0.2, 0.25) is 0 Å². The Morgan fingerprint density at radius 2 is 0.613 bits per heavy atom. The molecule has 342 valence electrons. The smallest absolute Gasteiger partial charge is 0.870 e. The molecule has 10 atom stereocenters. The van der Waals surface area contributed by atoms with Gasteiger partial charge < -0.3 is 124 Å². The summed E-state index contributed by atoms with van der Waals surface area (Å²) in [7, 11) is -3.33. The molecule has 0 aromatic rings. The quantitative estimate of drug-likeness (QED) is 0.0296. The zero-order chi connectivity index (χ0) is 46.2. The molecule has 62 heavy (non-hydrogen) atoms. The summed E-state index contributed by atoms with van der Waals surface area (Å²) in [5.41, 5.74) is 0. The molecule has 30 nitrogen and oxygen atoms in total. The van der Waals surface area contributed by atoms with Crippen molar-refractivity contribution in [2.75, 3.05) is 33.0 Å². The van der Waals surface area contributed by atoms with Gasteiger partial charge in [-0.15, -0.1) is 0 Å². The maximum Gasteiger partial charge on any atom is 2.00 e. The van der Waals surface area contributed by atoms with E-state index in [1.165, 1.54) is 0 Å². The second kappa shape index (κ2) is 22.8. The SMILES string of the molecule is O=C1O[C@H]([C@@H](O)CO)C(OP(OC2=C(O)C(=O)O[C@@H]2[C@@H](O)CO)OC2=C(O)C(=O)O[C@@H]2[C@@H](O)CO)=C1O.O=C1O[C@H]([C@@H](O)CO)C([O-])=C1O.O=C1O[C@H]([C@@H](O)CO)C([O-])=C1O.[Mg+2]. The van der Waals surface area contributed by atoms with Crippen LogP contribution in [0.5, 0.6) is 0 Å². The van der Waals surface area contributed by atoms with Gasteiger partial charge >= 0.3 is 61.5 Å². The molecule has 0 spiro atoms.